The van der Waals surface area contributed by atoms with Crippen LogP contribution in [0.5, 0.6) is 0 Å². The third kappa shape index (κ3) is 2.99. The standard InChI is InChI=1S/C13H8Cl2F2O/c14-9-1-7(2-10(15)5-9)13(18)8-3-11(16)6-12(17)4-8/h1-6,13,18H. The molecule has 0 saturated carbocycles. The van der Waals surface area contributed by atoms with Gasteiger partial charge in [0.2, 0.25) is 0 Å². The SMILES string of the molecule is OC(c1cc(F)cc(F)c1)c1cc(Cl)cc(Cl)c1. The molecule has 1 unspecified atom stereocenters. The summed E-state index contributed by atoms with van der Waals surface area (Å²) < 4.78 is 26.1. The van der Waals surface area contributed by atoms with Gasteiger partial charge in [-0.05, 0) is 41.5 Å². The molecule has 1 N–H and O–H groups in total. The van der Waals surface area contributed by atoms with E-state index < -0.39 is 17.7 Å². The van der Waals surface area contributed by atoms with Crippen LogP contribution in [0.1, 0.15) is 17.2 Å². The minimum atomic E-state index is -1.19. The number of halogens is 4. The van der Waals surface area contributed by atoms with Crippen molar-refractivity contribution < 1.29 is 13.9 Å². The molecule has 94 valence electrons. The molecule has 0 radical (unpaired) electrons. The van der Waals surface area contributed by atoms with Crippen LogP contribution >= 0.6 is 23.2 Å². The van der Waals surface area contributed by atoms with Crippen molar-refractivity contribution in [1.82, 2.24) is 0 Å². The van der Waals surface area contributed by atoms with Gasteiger partial charge in [-0.2, -0.15) is 0 Å². The Kier molecular flexibility index (Phi) is 3.85. The molecule has 0 aliphatic carbocycles. The Morgan fingerprint density at radius 2 is 1.22 bits per heavy atom. The molecule has 0 aliphatic rings. The molecule has 0 aromatic heterocycles. The molecule has 2 aromatic carbocycles. The van der Waals surface area contributed by atoms with Crippen LogP contribution in [0.15, 0.2) is 36.4 Å². The molecule has 0 bridgehead atoms. The second-order valence-electron chi connectivity index (χ2n) is 3.81. The van der Waals surface area contributed by atoms with Crippen LogP contribution in [0.25, 0.3) is 0 Å². The first-order chi connectivity index (χ1) is 8.45. The predicted octanol–water partition coefficient (Wildman–Crippen LogP) is 4.35. The van der Waals surface area contributed by atoms with Crippen LogP contribution in [0.2, 0.25) is 10.0 Å². The minimum absolute atomic E-state index is 0.103. The van der Waals surface area contributed by atoms with Gasteiger partial charge in [-0.1, -0.05) is 23.2 Å². The number of rotatable bonds is 2. The zero-order valence-electron chi connectivity index (χ0n) is 9.00. The van der Waals surface area contributed by atoms with Crippen molar-refractivity contribution in [2.24, 2.45) is 0 Å². The molecule has 0 amide bonds. The molecule has 1 atom stereocenters. The Morgan fingerprint density at radius 3 is 1.72 bits per heavy atom. The number of aliphatic hydroxyl groups is 1. The number of hydrogen-bond donors (Lipinski definition) is 1. The first kappa shape index (κ1) is 13.3. The van der Waals surface area contributed by atoms with Gasteiger partial charge in [0.25, 0.3) is 0 Å². The highest BCUT2D eigenvalue weighted by Gasteiger charge is 2.14. The van der Waals surface area contributed by atoms with Crippen LogP contribution in [0, 0.1) is 11.6 Å². The Labute approximate surface area is 113 Å². The van der Waals surface area contributed by atoms with E-state index in [4.69, 9.17) is 23.2 Å². The highest BCUT2D eigenvalue weighted by atomic mass is 35.5. The third-order valence-corrected chi connectivity index (χ3v) is 2.84. The van der Waals surface area contributed by atoms with Gasteiger partial charge in [-0.3, -0.25) is 0 Å². The summed E-state index contributed by atoms with van der Waals surface area (Å²) in [5, 5.41) is 10.7. The monoisotopic (exact) mass is 288 g/mol. The first-order valence-electron chi connectivity index (χ1n) is 5.06. The maximum absolute atomic E-state index is 13.1. The fourth-order valence-corrected chi connectivity index (χ4v) is 2.20. The lowest BCUT2D eigenvalue weighted by molar-refractivity contribution is 0.219. The van der Waals surface area contributed by atoms with E-state index in [-0.39, 0.29) is 5.56 Å². The second kappa shape index (κ2) is 5.22. The zero-order valence-corrected chi connectivity index (χ0v) is 10.5. The average molecular weight is 289 g/mol. The topological polar surface area (TPSA) is 20.2 Å². The largest absolute Gasteiger partial charge is 0.384 e. The molecule has 0 saturated heterocycles. The van der Waals surface area contributed by atoms with E-state index in [0.717, 1.165) is 18.2 Å². The van der Waals surface area contributed by atoms with Gasteiger partial charge in [-0.25, -0.2) is 8.78 Å². The Morgan fingerprint density at radius 1 is 0.778 bits per heavy atom. The van der Waals surface area contributed by atoms with Crippen LogP contribution < -0.4 is 0 Å². The lowest BCUT2D eigenvalue weighted by Gasteiger charge is -2.12. The lowest BCUT2D eigenvalue weighted by atomic mass is 10.0. The Balaban J connectivity index is 2.43. The fraction of sp³-hybridized carbons (Fsp3) is 0.0769. The van der Waals surface area contributed by atoms with Gasteiger partial charge in [0.1, 0.15) is 17.7 Å². The maximum atomic E-state index is 13.1. The first-order valence-corrected chi connectivity index (χ1v) is 5.81. The van der Waals surface area contributed by atoms with E-state index in [1.54, 1.807) is 0 Å². The minimum Gasteiger partial charge on any atom is -0.384 e. The van der Waals surface area contributed by atoms with Crippen molar-refractivity contribution in [2.75, 3.05) is 0 Å². The Bertz CT molecular complexity index is 495. The van der Waals surface area contributed by atoms with Gasteiger partial charge in [0, 0.05) is 16.1 Å². The molecular formula is C13H8Cl2F2O. The van der Waals surface area contributed by atoms with E-state index in [0.29, 0.717) is 15.6 Å². The number of benzene rings is 2. The van der Waals surface area contributed by atoms with Crippen molar-refractivity contribution in [3.63, 3.8) is 0 Å². The highest BCUT2D eigenvalue weighted by Crippen LogP contribution is 2.28. The molecule has 1 nitrogen and oxygen atoms in total. The summed E-state index contributed by atoms with van der Waals surface area (Å²) in [4.78, 5) is 0. The number of aliphatic hydroxyl groups excluding tert-OH is 1. The summed E-state index contributed by atoms with van der Waals surface area (Å²) >= 11 is 11.6. The van der Waals surface area contributed by atoms with Crippen LogP contribution in [0.4, 0.5) is 8.78 Å². The molecule has 18 heavy (non-hydrogen) atoms. The summed E-state index contributed by atoms with van der Waals surface area (Å²) in [7, 11) is 0. The van der Waals surface area contributed by atoms with Gasteiger partial charge in [0.15, 0.2) is 0 Å². The molecule has 2 rings (SSSR count). The molecular weight excluding hydrogens is 281 g/mol. The summed E-state index contributed by atoms with van der Waals surface area (Å²) in [6, 6.07) is 7.33. The smallest absolute Gasteiger partial charge is 0.126 e. The molecule has 5 heteroatoms. The van der Waals surface area contributed by atoms with E-state index in [1.807, 2.05) is 0 Å². The lowest BCUT2D eigenvalue weighted by Crippen LogP contribution is -2.01. The summed E-state index contributed by atoms with van der Waals surface area (Å²) in [5.41, 5.74) is 0.475. The normalized spacial score (nSPS) is 12.5. The highest BCUT2D eigenvalue weighted by molar-refractivity contribution is 6.34. The quantitative estimate of drug-likeness (QED) is 0.871. The second-order valence-corrected chi connectivity index (χ2v) is 4.68. The van der Waals surface area contributed by atoms with Crippen molar-refractivity contribution in [3.05, 3.63) is 69.2 Å². The summed E-state index contributed by atoms with van der Waals surface area (Å²) in [6.45, 7) is 0. The molecule has 0 aliphatic heterocycles. The van der Waals surface area contributed by atoms with Crippen molar-refractivity contribution in [3.8, 4) is 0 Å². The van der Waals surface area contributed by atoms with Crippen LogP contribution in [-0.4, -0.2) is 5.11 Å². The van der Waals surface area contributed by atoms with Crippen LogP contribution in [-0.2, 0) is 0 Å². The molecule has 0 spiro atoms. The summed E-state index contributed by atoms with van der Waals surface area (Å²) in [6.07, 6.45) is -1.19. The van der Waals surface area contributed by atoms with Crippen molar-refractivity contribution in [1.29, 1.82) is 0 Å². The van der Waals surface area contributed by atoms with Gasteiger partial charge < -0.3 is 5.11 Å². The average Bonchev–Trinajstić information content (AvgIpc) is 2.25. The van der Waals surface area contributed by atoms with Gasteiger partial charge >= 0.3 is 0 Å². The Hall–Kier alpha value is -1.16. The van der Waals surface area contributed by atoms with E-state index in [2.05, 4.69) is 0 Å². The number of hydrogen-bond acceptors (Lipinski definition) is 1. The predicted molar refractivity (Wildman–Crippen MR) is 66.9 cm³/mol. The van der Waals surface area contributed by atoms with E-state index in [1.165, 1.54) is 18.2 Å². The molecule has 0 fully saturated rings. The van der Waals surface area contributed by atoms with Crippen LogP contribution in [0.3, 0.4) is 0 Å². The molecule has 0 heterocycles. The molecule has 2 aromatic rings. The van der Waals surface area contributed by atoms with Crippen molar-refractivity contribution in [2.45, 2.75) is 6.10 Å². The summed E-state index contributed by atoms with van der Waals surface area (Å²) in [5.74, 6) is -1.51. The van der Waals surface area contributed by atoms with Gasteiger partial charge in [-0.15, -0.1) is 0 Å². The van der Waals surface area contributed by atoms with Gasteiger partial charge in [0.05, 0.1) is 0 Å². The maximum Gasteiger partial charge on any atom is 0.126 e. The third-order valence-electron chi connectivity index (χ3n) is 2.40. The fourth-order valence-electron chi connectivity index (χ4n) is 1.66. The van der Waals surface area contributed by atoms with Crippen molar-refractivity contribution >= 4 is 23.2 Å². The van der Waals surface area contributed by atoms with E-state index in [9.17, 15) is 13.9 Å². The van der Waals surface area contributed by atoms with E-state index >= 15 is 0 Å². The zero-order chi connectivity index (χ0) is 13.3.